The van der Waals surface area contributed by atoms with Gasteiger partial charge in [-0.15, -0.1) is 11.3 Å². The van der Waals surface area contributed by atoms with Crippen molar-refractivity contribution >= 4 is 27.2 Å². The van der Waals surface area contributed by atoms with E-state index < -0.39 is 0 Å². The Hall–Kier alpha value is -1.87. The second-order valence-corrected chi connectivity index (χ2v) is 5.27. The van der Waals surface area contributed by atoms with Gasteiger partial charge in [-0.3, -0.25) is 0 Å². The topological polar surface area (TPSA) is 38.9 Å². The molecule has 0 spiro atoms. The van der Waals surface area contributed by atoms with E-state index in [0.717, 1.165) is 16.2 Å². The summed E-state index contributed by atoms with van der Waals surface area (Å²) >= 11 is 1.73. The maximum Gasteiger partial charge on any atom is 0.0907 e. The molecule has 0 saturated carbocycles. The standard InChI is InChI=1S/C14H12N2S/c1-9-16-13-7-4-11(8-14(13)17-9)10-2-5-12(15)6-3-10/h2-8H,15H2,1H3. The summed E-state index contributed by atoms with van der Waals surface area (Å²) in [4.78, 5) is 4.46. The zero-order valence-corrected chi connectivity index (χ0v) is 10.3. The van der Waals surface area contributed by atoms with E-state index in [1.54, 1.807) is 11.3 Å². The lowest BCUT2D eigenvalue weighted by Crippen LogP contribution is -1.83. The van der Waals surface area contributed by atoms with Crippen molar-refractivity contribution < 1.29 is 0 Å². The molecule has 2 aromatic carbocycles. The average molecular weight is 240 g/mol. The maximum atomic E-state index is 5.69. The molecule has 84 valence electrons. The van der Waals surface area contributed by atoms with Gasteiger partial charge in [-0.2, -0.15) is 0 Å². The zero-order chi connectivity index (χ0) is 11.8. The summed E-state index contributed by atoms with van der Waals surface area (Å²) in [7, 11) is 0. The highest BCUT2D eigenvalue weighted by Gasteiger charge is 2.03. The molecule has 0 saturated heterocycles. The number of nitrogens with two attached hydrogens (primary N) is 1. The average Bonchev–Trinajstić information content (AvgIpc) is 2.69. The summed E-state index contributed by atoms with van der Waals surface area (Å²) in [6.45, 7) is 2.04. The van der Waals surface area contributed by atoms with Crippen molar-refractivity contribution in [2.75, 3.05) is 5.73 Å². The molecule has 1 heterocycles. The number of thiazole rings is 1. The van der Waals surface area contributed by atoms with Gasteiger partial charge in [-0.05, 0) is 42.3 Å². The van der Waals surface area contributed by atoms with E-state index in [-0.39, 0.29) is 0 Å². The van der Waals surface area contributed by atoms with Crippen molar-refractivity contribution in [3.8, 4) is 11.1 Å². The highest BCUT2D eigenvalue weighted by Crippen LogP contribution is 2.28. The van der Waals surface area contributed by atoms with Crippen LogP contribution in [0.25, 0.3) is 21.3 Å². The lowest BCUT2D eigenvalue weighted by atomic mass is 10.1. The van der Waals surface area contributed by atoms with Crippen LogP contribution in [0.4, 0.5) is 5.69 Å². The highest BCUT2D eigenvalue weighted by atomic mass is 32.1. The Kier molecular flexibility index (Phi) is 2.34. The van der Waals surface area contributed by atoms with E-state index in [1.807, 2.05) is 31.2 Å². The smallest absolute Gasteiger partial charge is 0.0907 e. The first-order valence-electron chi connectivity index (χ1n) is 5.45. The van der Waals surface area contributed by atoms with Crippen molar-refractivity contribution in [3.05, 3.63) is 47.5 Å². The van der Waals surface area contributed by atoms with Crippen LogP contribution in [0.5, 0.6) is 0 Å². The fraction of sp³-hybridized carbons (Fsp3) is 0.0714. The molecule has 0 aliphatic rings. The molecule has 0 aliphatic carbocycles. The molecule has 2 nitrogen and oxygen atoms in total. The van der Waals surface area contributed by atoms with Crippen LogP contribution in [-0.2, 0) is 0 Å². The van der Waals surface area contributed by atoms with E-state index in [2.05, 4.69) is 23.2 Å². The Labute approximate surface area is 104 Å². The van der Waals surface area contributed by atoms with Crippen LogP contribution < -0.4 is 5.73 Å². The van der Waals surface area contributed by atoms with Crippen molar-refractivity contribution in [3.63, 3.8) is 0 Å². The second-order valence-electron chi connectivity index (χ2n) is 4.04. The number of hydrogen-bond donors (Lipinski definition) is 1. The zero-order valence-electron chi connectivity index (χ0n) is 9.47. The van der Waals surface area contributed by atoms with Gasteiger partial charge < -0.3 is 5.73 Å². The number of hydrogen-bond acceptors (Lipinski definition) is 3. The third kappa shape index (κ3) is 1.89. The SMILES string of the molecule is Cc1nc2ccc(-c3ccc(N)cc3)cc2s1. The van der Waals surface area contributed by atoms with E-state index in [4.69, 9.17) is 5.73 Å². The van der Waals surface area contributed by atoms with E-state index in [9.17, 15) is 0 Å². The fourth-order valence-electron chi connectivity index (χ4n) is 1.89. The van der Waals surface area contributed by atoms with E-state index in [1.165, 1.54) is 15.8 Å². The van der Waals surface area contributed by atoms with Gasteiger partial charge in [0, 0.05) is 5.69 Å². The van der Waals surface area contributed by atoms with Crippen LogP contribution in [0.15, 0.2) is 42.5 Å². The van der Waals surface area contributed by atoms with Crippen LogP contribution in [-0.4, -0.2) is 4.98 Å². The molecule has 0 radical (unpaired) electrons. The van der Waals surface area contributed by atoms with Crippen LogP contribution in [0.1, 0.15) is 5.01 Å². The van der Waals surface area contributed by atoms with E-state index >= 15 is 0 Å². The molecule has 0 aliphatic heterocycles. The number of aryl methyl sites for hydroxylation is 1. The summed E-state index contributed by atoms with van der Waals surface area (Å²) in [5.74, 6) is 0. The lowest BCUT2D eigenvalue weighted by Gasteiger charge is -2.01. The fourth-order valence-corrected chi connectivity index (χ4v) is 2.76. The molecular weight excluding hydrogens is 228 g/mol. The molecule has 17 heavy (non-hydrogen) atoms. The van der Waals surface area contributed by atoms with Crippen LogP contribution in [0.3, 0.4) is 0 Å². The predicted octanol–water partition coefficient (Wildman–Crippen LogP) is 3.85. The summed E-state index contributed by atoms with van der Waals surface area (Å²) in [5, 5.41) is 1.11. The molecule has 0 atom stereocenters. The van der Waals surface area contributed by atoms with Gasteiger partial charge in [-0.1, -0.05) is 18.2 Å². The third-order valence-corrected chi connectivity index (χ3v) is 3.67. The van der Waals surface area contributed by atoms with Crippen molar-refractivity contribution in [2.24, 2.45) is 0 Å². The molecule has 3 rings (SSSR count). The quantitative estimate of drug-likeness (QED) is 0.656. The number of nitrogen functional groups attached to an aromatic ring is 1. The normalized spacial score (nSPS) is 10.9. The van der Waals surface area contributed by atoms with Crippen molar-refractivity contribution in [1.29, 1.82) is 0 Å². The van der Waals surface area contributed by atoms with Gasteiger partial charge >= 0.3 is 0 Å². The second kappa shape index (κ2) is 3.86. The number of nitrogens with zero attached hydrogens (tertiary/aromatic N) is 1. The van der Waals surface area contributed by atoms with Gasteiger partial charge in [0.2, 0.25) is 0 Å². The Morgan fingerprint density at radius 2 is 1.71 bits per heavy atom. The highest BCUT2D eigenvalue weighted by molar-refractivity contribution is 7.18. The lowest BCUT2D eigenvalue weighted by molar-refractivity contribution is 1.35. The molecule has 0 unspecified atom stereocenters. The predicted molar refractivity (Wildman–Crippen MR) is 74.2 cm³/mol. The van der Waals surface area contributed by atoms with Gasteiger partial charge in [0.15, 0.2) is 0 Å². The first-order chi connectivity index (χ1) is 8.22. The molecule has 3 aromatic rings. The molecule has 3 heteroatoms. The number of aromatic nitrogens is 1. The first-order valence-corrected chi connectivity index (χ1v) is 6.27. The number of rotatable bonds is 1. The number of anilines is 1. The molecule has 0 fully saturated rings. The Morgan fingerprint density at radius 3 is 2.47 bits per heavy atom. The monoisotopic (exact) mass is 240 g/mol. The van der Waals surface area contributed by atoms with Crippen molar-refractivity contribution in [1.82, 2.24) is 4.98 Å². The Bertz CT molecular complexity index is 668. The molecule has 0 amide bonds. The number of benzene rings is 2. The summed E-state index contributed by atoms with van der Waals surface area (Å²) in [6, 6.07) is 14.3. The maximum absolute atomic E-state index is 5.69. The van der Waals surface area contributed by atoms with Crippen LogP contribution >= 0.6 is 11.3 Å². The summed E-state index contributed by atoms with van der Waals surface area (Å²) in [6.07, 6.45) is 0. The third-order valence-electron chi connectivity index (χ3n) is 2.74. The summed E-state index contributed by atoms with van der Waals surface area (Å²) in [5.41, 5.74) is 9.96. The minimum Gasteiger partial charge on any atom is -0.399 e. The van der Waals surface area contributed by atoms with Crippen molar-refractivity contribution in [2.45, 2.75) is 6.92 Å². The van der Waals surface area contributed by atoms with Gasteiger partial charge in [0.05, 0.1) is 15.2 Å². The van der Waals surface area contributed by atoms with Gasteiger partial charge in [-0.25, -0.2) is 4.98 Å². The number of fused-ring (bicyclic) bond motifs is 1. The molecule has 1 aromatic heterocycles. The van der Waals surface area contributed by atoms with Crippen LogP contribution in [0, 0.1) is 6.92 Å². The molecule has 0 bridgehead atoms. The van der Waals surface area contributed by atoms with Gasteiger partial charge in [0.1, 0.15) is 0 Å². The summed E-state index contributed by atoms with van der Waals surface area (Å²) < 4.78 is 1.23. The first kappa shape index (κ1) is 10.3. The molecule has 2 N–H and O–H groups in total. The van der Waals surface area contributed by atoms with Crippen LogP contribution in [0.2, 0.25) is 0 Å². The Balaban J connectivity index is 2.13. The largest absolute Gasteiger partial charge is 0.399 e. The minimum atomic E-state index is 0.795. The van der Waals surface area contributed by atoms with E-state index in [0.29, 0.717) is 0 Å². The molecular formula is C14H12N2S. The Morgan fingerprint density at radius 1 is 1.00 bits per heavy atom. The minimum absolute atomic E-state index is 0.795. The van der Waals surface area contributed by atoms with Gasteiger partial charge in [0.25, 0.3) is 0 Å².